The lowest BCUT2D eigenvalue weighted by atomic mass is 10.2. The van der Waals surface area contributed by atoms with Crippen molar-refractivity contribution in [3.05, 3.63) is 17.8 Å². The molecule has 0 saturated heterocycles. The van der Waals surface area contributed by atoms with E-state index in [1.54, 1.807) is 0 Å². The van der Waals surface area contributed by atoms with Crippen LogP contribution in [0, 0.1) is 5.92 Å². The molecule has 0 aromatic carbocycles. The molecular formula is C9H12N3O2. The van der Waals surface area contributed by atoms with Gasteiger partial charge < -0.3 is 5.32 Å². The molecule has 14 heavy (non-hydrogen) atoms. The van der Waals surface area contributed by atoms with Crippen LogP contribution in [0.5, 0.6) is 5.88 Å². The molecule has 0 unspecified atom stereocenters. The van der Waals surface area contributed by atoms with Crippen molar-refractivity contribution in [1.82, 2.24) is 15.5 Å². The molecule has 1 aromatic rings. The Balaban J connectivity index is 2.65. The van der Waals surface area contributed by atoms with Crippen LogP contribution < -0.4 is 5.32 Å². The average molecular weight is 194 g/mol. The summed E-state index contributed by atoms with van der Waals surface area (Å²) in [6.07, 6.45) is 1.33. The summed E-state index contributed by atoms with van der Waals surface area (Å²) in [7, 11) is 0. The summed E-state index contributed by atoms with van der Waals surface area (Å²) in [4.78, 5) is 11.4. The minimum Gasteiger partial charge on any atom is -0.352 e. The van der Waals surface area contributed by atoms with E-state index in [9.17, 15) is 9.90 Å². The number of nitrogens with zero attached hydrogens (tertiary/aromatic N) is 2. The fourth-order valence-electron chi connectivity index (χ4n) is 0.884. The van der Waals surface area contributed by atoms with Gasteiger partial charge in [0.15, 0.2) is 0 Å². The minimum absolute atomic E-state index is 0.0423. The Morgan fingerprint density at radius 2 is 2.29 bits per heavy atom. The molecule has 5 heteroatoms. The molecule has 1 amide bonds. The van der Waals surface area contributed by atoms with Crippen LogP contribution in [0.15, 0.2) is 12.3 Å². The van der Waals surface area contributed by atoms with Gasteiger partial charge in [-0.3, -0.25) is 9.90 Å². The summed E-state index contributed by atoms with van der Waals surface area (Å²) in [6.45, 7) is 4.49. The quantitative estimate of drug-likeness (QED) is 0.780. The minimum atomic E-state index is -0.589. The molecular weight excluding hydrogens is 182 g/mol. The third kappa shape index (κ3) is 2.69. The highest BCUT2D eigenvalue weighted by atomic mass is 16.3. The molecule has 1 aromatic heterocycles. The predicted molar refractivity (Wildman–Crippen MR) is 49.3 cm³/mol. The third-order valence-corrected chi connectivity index (χ3v) is 1.60. The molecule has 0 atom stereocenters. The lowest BCUT2D eigenvalue weighted by Crippen LogP contribution is -2.27. The van der Waals surface area contributed by atoms with E-state index in [0.717, 1.165) is 0 Å². The molecule has 1 N–H and O–H groups in total. The molecule has 1 rings (SSSR count). The standard InChI is InChI=1S/C9H12N3O2/c1-6(2)5-10-8(13)7-3-4-11-12-9(7)14/h3-4,6H,5H2,1-2H3,(H,10,13). The predicted octanol–water partition coefficient (Wildman–Crippen LogP) is 1.01. The molecule has 75 valence electrons. The number of carbonyl (C=O) groups is 1. The van der Waals surface area contributed by atoms with Crippen LogP contribution in [-0.2, 0) is 5.11 Å². The fraction of sp³-hybridized carbons (Fsp3) is 0.444. The summed E-state index contributed by atoms with van der Waals surface area (Å²) >= 11 is 0. The second-order valence-electron chi connectivity index (χ2n) is 3.35. The maximum atomic E-state index is 11.4. The van der Waals surface area contributed by atoms with Gasteiger partial charge in [0.25, 0.3) is 5.91 Å². The van der Waals surface area contributed by atoms with Gasteiger partial charge in [0.05, 0.1) is 6.20 Å². The van der Waals surface area contributed by atoms with Crippen LogP contribution in [-0.4, -0.2) is 22.6 Å². The van der Waals surface area contributed by atoms with E-state index in [1.165, 1.54) is 12.3 Å². The second kappa shape index (κ2) is 4.55. The first-order valence-electron chi connectivity index (χ1n) is 4.38. The van der Waals surface area contributed by atoms with Crippen molar-refractivity contribution in [2.24, 2.45) is 5.92 Å². The number of amides is 1. The van der Waals surface area contributed by atoms with Crippen molar-refractivity contribution in [2.75, 3.05) is 6.54 Å². The summed E-state index contributed by atoms with van der Waals surface area (Å²) in [5.41, 5.74) is 0.0423. The maximum Gasteiger partial charge on any atom is 0.301 e. The third-order valence-electron chi connectivity index (χ3n) is 1.60. The number of hydrogen-bond donors (Lipinski definition) is 1. The van der Waals surface area contributed by atoms with Crippen LogP contribution in [0.25, 0.3) is 0 Å². The van der Waals surface area contributed by atoms with Gasteiger partial charge in [0.2, 0.25) is 0 Å². The average Bonchev–Trinajstić information content (AvgIpc) is 2.15. The van der Waals surface area contributed by atoms with Gasteiger partial charge >= 0.3 is 5.88 Å². The largest absolute Gasteiger partial charge is 0.352 e. The highest BCUT2D eigenvalue weighted by molar-refractivity contribution is 5.95. The highest BCUT2D eigenvalue weighted by Crippen LogP contribution is 2.10. The van der Waals surface area contributed by atoms with E-state index in [-0.39, 0.29) is 5.56 Å². The van der Waals surface area contributed by atoms with Crippen LogP contribution in [0.2, 0.25) is 0 Å². The first kappa shape index (κ1) is 10.4. The van der Waals surface area contributed by atoms with Gasteiger partial charge in [-0.25, -0.2) is 0 Å². The monoisotopic (exact) mass is 194 g/mol. The molecule has 0 aliphatic heterocycles. The Bertz CT molecular complexity index is 326. The van der Waals surface area contributed by atoms with Crippen molar-refractivity contribution in [2.45, 2.75) is 13.8 Å². The number of rotatable bonds is 3. The van der Waals surface area contributed by atoms with Gasteiger partial charge in [-0.1, -0.05) is 13.8 Å². The van der Waals surface area contributed by atoms with Crippen molar-refractivity contribution in [3.8, 4) is 5.88 Å². The Morgan fingerprint density at radius 3 is 2.86 bits per heavy atom. The topological polar surface area (TPSA) is 74.8 Å². The summed E-state index contributed by atoms with van der Waals surface area (Å²) in [5.74, 6) is -0.629. The molecule has 0 aliphatic rings. The number of carbonyl (C=O) groups excluding carboxylic acids is 1. The van der Waals surface area contributed by atoms with Gasteiger partial charge in [-0.2, -0.15) is 5.10 Å². The lowest BCUT2D eigenvalue weighted by Gasteiger charge is -2.06. The Labute approximate surface area is 82.2 Å². The van der Waals surface area contributed by atoms with E-state index in [0.29, 0.717) is 12.5 Å². The van der Waals surface area contributed by atoms with Gasteiger partial charge in [-0.05, 0) is 12.0 Å². The SMILES string of the molecule is CC(C)CNC(=O)c1ccnnc1[O]. The Morgan fingerprint density at radius 1 is 1.57 bits per heavy atom. The van der Waals surface area contributed by atoms with Crippen LogP contribution >= 0.6 is 0 Å². The maximum absolute atomic E-state index is 11.4. The summed E-state index contributed by atoms with van der Waals surface area (Å²) in [6, 6.07) is 1.37. The normalized spacial score (nSPS) is 10.2. The molecule has 1 heterocycles. The Kier molecular flexibility index (Phi) is 3.39. The molecule has 5 nitrogen and oxygen atoms in total. The molecule has 0 aliphatic carbocycles. The van der Waals surface area contributed by atoms with E-state index < -0.39 is 11.8 Å². The van der Waals surface area contributed by atoms with Crippen LogP contribution in [0.3, 0.4) is 0 Å². The van der Waals surface area contributed by atoms with Gasteiger partial charge in [-0.15, -0.1) is 5.10 Å². The number of hydrogen-bond acceptors (Lipinski definition) is 3. The second-order valence-corrected chi connectivity index (χ2v) is 3.35. The van der Waals surface area contributed by atoms with Crippen molar-refractivity contribution in [3.63, 3.8) is 0 Å². The fourth-order valence-corrected chi connectivity index (χ4v) is 0.884. The van der Waals surface area contributed by atoms with Gasteiger partial charge in [0, 0.05) is 6.54 Å². The van der Waals surface area contributed by atoms with E-state index in [1.807, 2.05) is 13.8 Å². The lowest BCUT2D eigenvalue weighted by molar-refractivity contribution is 0.0943. The first-order chi connectivity index (χ1) is 6.61. The van der Waals surface area contributed by atoms with E-state index in [4.69, 9.17) is 0 Å². The van der Waals surface area contributed by atoms with Gasteiger partial charge in [0.1, 0.15) is 5.56 Å². The molecule has 1 radical (unpaired) electrons. The number of aromatic nitrogens is 2. The molecule has 0 fully saturated rings. The van der Waals surface area contributed by atoms with Crippen LogP contribution in [0.1, 0.15) is 24.2 Å². The Hall–Kier alpha value is -1.65. The van der Waals surface area contributed by atoms with Crippen LogP contribution in [0.4, 0.5) is 0 Å². The zero-order valence-electron chi connectivity index (χ0n) is 8.15. The molecule has 0 saturated carbocycles. The molecule has 0 bridgehead atoms. The number of nitrogens with one attached hydrogen (secondary N) is 1. The zero-order valence-corrected chi connectivity index (χ0v) is 8.15. The van der Waals surface area contributed by atoms with Crippen molar-refractivity contribution >= 4 is 5.91 Å². The van der Waals surface area contributed by atoms with Crippen molar-refractivity contribution in [1.29, 1.82) is 0 Å². The van der Waals surface area contributed by atoms with E-state index >= 15 is 0 Å². The summed E-state index contributed by atoms with van der Waals surface area (Å²) < 4.78 is 0. The van der Waals surface area contributed by atoms with Crippen molar-refractivity contribution < 1.29 is 9.90 Å². The smallest absolute Gasteiger partial charge is 0.301 e. The van der Waals surface area contributed by atoms with E-state index in [2.05, 4.69) is 15.5 Å². The zero-order chi connectivity index (χ0) is 10.6. The molecule has 0 spiro atoms. The first-order valence-corrected chi connectivity index (χ1v) is 4.38. The summed E-state index contributed by atoms with van der Waals surface area (Å²) in [5, 5.41) is 20.3. The highest BCUT2D eigenvalue weighted by Gasteiger charge is 2.12.